The van der Waals surface area contributed by atoms with Crippen LogP contribution in [0.1, 0.15) is 21.5 Å². The summed E-state index contributed by atoms with van der Waals surface area (Å²) in [6, 6.07) is 10.7. The summed E-state index contributed by atoms with van der Waals surface area (Å²) in [7, 11) is 0. The van der Waals surface area contributed by atoms with Gasteiger partial charge in [-0.05, 0) is 48.4 Å². The van der Waals surface area contributed by atoms with Gasteiger partial charge in [0.25, 0.3) is 0 Å². The molecular formula is C15H13FO2. The maximum atomic E-state index is 13.2. The molecule has 0 saturated heterocycles. The van der Waals surface area contributed by atoms with Crippen molar-refractivity contribution in [1.29, 1.82) is 0 Å². The highest BCUT2D eigenvalue weighted by atomic mass is 19.1. The van der Waals surface area contributed by atoms with Crippen LogP contribution in [0.25, 0.3) is 0 Å². The summed E-state index contributed by atoms with van der Waals surface area (Å²) in [6.07, 6.45) is 0.198. The molecule has 0 amide bonds. The lowest BCUT2D eigenvalue weighted by atomic mass is 10.0. The molecule has 0 atom stereocenters. The molecule has 18 heavy (non-hydrogen) atoms. The minimum atomic E-state index is -0.399. The Labute approximate surface area is 105 Å². The molecule has 0 saturated carbocycles. The van der Waals surface area contributed by atoms with E-state index in [0.717, 1.165) is 11.1 Å². The first-order chi connectivity index (χ1) is 8.54. The Balaban J connectivity index is 2.19. The third-order valence-corrected chi connectivity index (χ3v) is 2.67. The van der Waals surface area contributed by atoms with Gasteiger partial charge in [-0.1, -0.05) is 12.1 Å². The minimum Gasteiger partial charge on any atom is -0.508 e. The Morgan fingerprint density at radius 2 is 1.83 bits per heavy atom. The van der Waals surface area contributed by atoms with Crippen LogP contribution < -0.4 is 0 Å². The molecule has 3 heteroatoms. The number of hydrogen-bond acceptors (Lipinski definition) is 2. The van der Waals surface area contributed by atoms with Crippen LogP contribution in [-0.4, -0.2) is 10.9 Å². The second-order valence-electron chi connectivity index (χ2n) is 4.28. The molecule has 92 valence electrons. The standard InChI is InChI=1S/C15H13FO2/c1-10-6-12(9-13(16)7-10)15(18)8-11-2-4-14(17)5-3-11/h2-7,9,17H,8H2,1H3. The summed E-state index contributed by atoms with van der Waals surface area (Å²) in [4.78, 5) is 12.0. The third kappa shape index (κ3) is 2.94. The van der Waals surface area contributed by atoms with E-state index in [4.69, 9.17) is 5.11 Å². The molecule has 0 aromatic heterocycles. The Hall–Kier alpha value is -2.16. The maximum absolute atomic E-state index is 13.2. The van der Waals surface area contributed by atoms with E-state index >= 15 is 0 Å². The Morgan fingerprint density at radius 1 is 1.17 bits per heavy atom. The third-order valence-electron chi connectivity index (χ3n) is 2.67. The van der Waals surface area contributed by atoms with E-state index in [9.17, 15) is 9.18 Å². The van der Waals surface area contributed by atoms with Crippen LogP contribution in [0.15, 0.2) is 42.5 Å². The van der Waals surface area contributed by atoms with E-state index in [1.807, 2.05) is 0 Å². The first-order valence-electron chi connectivity index (χ1n) is 5.63. The predicted octanol–water partition coefficient (Wildman–Crippen LogP) is 3.27. The highest BCUT2D eigenvalue weighted by Crippen LogP contribution is 2.14. The molecule has 0 spiro atoms. The summed E-state index contributed by atoms with van der Waals surface area (Å²) in [6.45, 7) is 1.75. The Bertz CT molecular complexity index is 553. The molecule has 2 rings (SSSR count). The number of hydrogen-bond donors (Lipinski definition) is 1. The summed E-state index contributed by atoms with van der Waals surface area (Å²) < 4.78 is 13.2. The summed E-state index contributed by atoms with van der Waals surface area (Å²) in [5.74, 6) is -0.375. The number of benzene rings is 2. The first-order valence-corrected chi connectivity index (χ1v) is 5.63. The van der Waals surface area contributed by atoms with Crippen LogP contribution in [0.4, 0.5) is 4.39 Å². The molecule has 2 aromatic rings. The van der Waals surface area contributed by atoms with Gasteiger partial charge in [0.05, 0.1) is 0 Å². The van der Waals surface area contributed by atoms with E-state index in [1.54, 1.807) is 25.1 Å². The van der Waals surface area contributed by atoms with Crippen LogP contribution in [0.5, 0.6) is 5.75 Å². The van der Waals surface area contributed by atoms with Crippen molar-refractivity contribution in [3.05, 3.63) is 65.0 Å². The van der Waals surface area contributed by atoms with Gasteiger partial charge in [0.2, 0.25) is 0 Å². The number of phenolic OH excluding ortho intramolecular Hbond substituents is 1. The highest BCUT2D eigenvalue weighted by Gasteiger charge is 2.09. The number of rotatable bonds is 3. The zero-order valence-electron chi connectivity index (χ0n) is 9.98. The molecule has 0 aliphatic heterocycles. The maximum Gasteiger partial charge on any atom is 0.167 e. The van der Waals surface area contributed by atoms with Crippen LogP contribution in [0.2, 0.25) is 0 Å². The van der Waals surface area contributed by atoms with E-state index in [2.05, 4.69) is 0 Å². The normalized spacial score (nSPS) is 10.3. The lowest BCUT2D eigenvalue weighted by Gasteiger charge is -2.03. The molecule has 0 radical (unpaired) electrons. The summed E-state index contributed by atoms with van der Waals surface area (Å²) in [5, 5.41) is 9.15. The fourth-order valence-electron chi connectivity index (χ4n) is 1.80. The molecule has 0 bridgehead atoms. The zero-order valence-corrected chi connectivity index (χ0v) is 9.98. The monoisotopic (exact) mass is 244 g/mol. The number of aromatic hydroxyl groups is 1. The molecule has 0 aliphatic carbocycles. The average Bonchev–Trinajstić information content (AvgIpc) is 2.31. The van der Waals surface area contributed by atoms with Crippen LogP contribution >= 0.6 is 0 Å². The van der Waals surface area contributed by atoms with Crippen LogP contribution in [0, 0.1) is 12.7 Å². The second-order valence-corrected chi connectivity index (χ2v) is 4.28. The van der Waals surface area contributed by atoms with E-state index < -0.39 is 5.82 Å². The molecule has 0 unspecified atom stereocenters. The lowest BCUT2D eigenvalue weighted by molar-refractivity contribution is 0.0992. The highest BCUT2D eigenvalue weighted by molar-refractivity contribution is 5.97. The van der Waals surface area contributed by atoms with Gasteiger partial charge >= 0.3 is 0 Å². The fraction of sp³-hybridized carbons (Fsp3) is 0.133. The number of carbonyl (C=O) groups excluding carboxylic acids is 1. The number of carbonyl (C=O) groups is 1. The molecule has 1 N–H and O–H groups in total. The van der Waals surface area contributed by atoms with Crippen molar-refractivity contribution in [3.63, 3.8) is 0 Å². The van der Waals surface area contributed by atoms with Gasteiger partial charge in [-0.25, -0.2) is 4.39 Å². The number of halogens is 1. The predicted molar refractivity (Wildman–Crippen MR) is 67.3 cm³/mol. The Morgan fingerprint density at radius 3 is 2.44 bits per heavy atom. The first kappa shape index (κ1) is 12.3. The molecule has 0 heterocycles. The minimum absolute atomic E-state index is 0.136. The van der Waals surface area contributed by atoms with E-state index in [0.29, 0.717) is 5.56 Å². The quantitative estimate of drug-likeness (QED) is 0.841. The fourth-order valence-corrected chi connectivity index (χ4v) is 1.80. The van der Waals surface area contributed by atoms with E-state index in [1.165, 1.54) is 24.3 Å². The smallest absolute Gasteiger partial charge is 0.167 e. The summed E-state index contributed by atoms with van der Waals surface area (Å²) in [5.41, 5.74) is 1.89. The van der Waals surface area contributed by atoms with Gasteiger partial charge < -0.3 is 5.11 Å². The van der Waals surface area contributed by atoms with Crippen molar-refractivity contribution in [2.75, 3.05) is 0 Å². The van der Waals surface area contributed by atoms with Crippen molar-refractivity contribution in [2.24, 2.45) is 0 Å². The van der Waals surface area contributed by atoms with Crippen molar-refractivity contribution >= 4 is 5.78 Å². The van der Waals surface area contributed by atoms with Crippen molar-refractivity contribution in [2.45, 2.75) is 13.3 Å². The molecule has 0 fully saturated rings. The largest absolute Gasteiger partial charge is 0.508 e. The van der Waals surface area contributed by atoms with Gasteiger partial charge in [0.1, 0.15) is 11.6 Å². The molecule has 2 aromatic carbocycles. The second kappa shape index (κ2) is 5.00. The van der Waals surface area contributed by atoms with Crippen LogP contribution in [0.3, 0.4) is 0 Å². The number of phenols is 1. The van der Waals surface area contributed by atoms with Gasteiger partial charge in [0, 0.05) is 12.0 Å². The van der Waals surface area contributed by atoms with Gasteiger partial charge in [-0.3, -0.25) is 4.79 Å². The number of ketones is 1. The van der Waals surface area contributed by atoms with Crippen molar-refractivity contribution in [1.82, 2.24) is 0 Å². The number of aryl methyl sites for hydroxylation is 1. The van der Waals surface area contributed by atoms with Gasteiger partial charge in [-0.2, -0.15) is 0 Å². The molecule has 2 nitrogen and oxygen atoms in total. The van der Waals surface area contributed by atoms with Gasteiger partial charge in [0.15, 0.2) is 5.78 Å². The Kier molecular flexibility index (Phi) is 3.42. The molecular weight excluding hydrogens is 231 g/mol. The van der Waals surface area contributed by atoms with Crippen LogP contribution in [-0.2, 0) is 6.42 Å². The van der Waals surface area contributed by atoms with Crippen molar-refractivity contribution < 1.29 is 14.3 Å². The van der Waals surface area contributed by atoms with E-state index in [-0.39, 0.29) is 18.0 Å². The zero-order chi connectivity index (χ0) is 13.1. The topological polar surface area (TPSA) is 37.3 Å². The SMILES string of the molecule is Cc1cc(F)cc(C(=O)Cc2ccc(O)cc2)c1. The average molecular weight is 244 g/mol. The lowest BCUT2D eigenvalue weighted by Crippen LogP contribution is -2.04. The molecule has 0 aliphatic rings. The summed E-state index contributed by atoms with van der Waals surface area (Å²) >= 11 is 0. The van der Waals surface area contributed by atoms with Crippen molar-refractivity contribution in [3.8, 4) is 5.75 Å². The number of Topliss-reactive ketones (excluding diaryl/α,β-unsaturated/α-hetero) is 1. The van der Waals surface area contributed by atoms with Gasteiger partial charge in [-0.15, -0.1) is 0 Å².